The van der Waals surface area contributed by atoms with Crippen LogP contribution in [0, 0.1) is 6.92 Å². The van der Waals surface area contributed by atoms with Gasteiger partial charge in [0.15, 0.2) is 5.16 Å². The lowest BCUT2D eigenvalue weighted by Gasteiger charge is -2.32. The van der Waals surface area contributed by atoms with E-state index in [1.165, 1.54) is 11.8 Å². The maximum atomic E-state index is 13.6. The fourth-order valence-corrected chi connectivity index (χ4v) is 5.19. The molecule has 1 aromatic carbocycles. The second-order valence-corrected chi connectivity index (χ2v) is 8.84. The maximum absolute atomic E-state index is 13.6. The quantitative estimate of drug-likeness (QED) is 0.483. The van der Waals surface area contributed by atoms with Crippen molar-refractivity contribution in [3.05, 3.63) is 50.6 Å². The van der Waals surface area contributed by atoms with E-state index < -0.39 is 0 Å². The van der Waals surface area contributed by atoms with Crippen LogP contribution in [0.4, 0.5) is 0 Å². The minimum absolute atomic E-state index is 0.0338. The van der Waals surface area contributed by atoms with Crippen LogP contribution < -0.4 is 5.56 Å². The van der Waals surface area contributed by atoms with Crippen molar-refractivity contribution in [2.75, 3.05) is 6.26 Å². The van der Waals surface area contributed by atoms with Crippen molar-refractivity contribution in [2.24, 2.45) is 0 Å². The van der Waals surface area contributed by atoms with Gasteiger partial charge >= 0.3 is 0 Å². The number of benzene rings is 1. The van der Waals surface area contributed by atoms with Gasteiger partial charge < -0.3 is 4.74 Å². The molecule has 0 fully saturated rings. The topological polar surface area (TPSA) is 44.1 Å². The lowest BCUT2D eigenvalue weighted by Crippen LogP contribution is -2.34. The van der Waals surface area contributed by atoms with Gasteiger partial charge in [-0.1, -0.05) is 36.9 Å². The minimum Gasteiger partial charge on any atom is -0.369 e. The molecule has 0 amide bonds. The molecule has 0 unspecified atom stereocenters. The van der Waals surface area contributed by atoms with Crippen LogP contribution in [0.15, 0.2) is 34.2 Å². The first kappa shape index (κ1) is 17.8. The molecule has 3 heterocycles. The molecule has 4 nitrogen and oxygen atoms in total. The molecule has 1 aliphatic rings. The highest BCUT2D eigenvalue weighted by atomic mass is 32.2. The largest absolute Gasteiger partial charge is 0.369 e. The van der Waals surface area contributed by atoms with E-state index in [0.29, 0.717) is 6.61 Å². The Hall–Kier alpha value is -1.63. The summed E-state index contributed by atoms with van der Waals surface area (Å²) >= 11 is 3.11. The monoisotopic (exact) mass is 386 g/mol. The van der Waals surface area contributed by atoms with Gasteiger partial charge in [-0.3, -0.25) is 9.36 Å². The molecule has 1 aliphatic heterocycles. The molecule has 0 radical (unpaired) electrons. The van der Waals surface area contributed by atoms with Crippen LogP contribution in [0.1, 0.15) is 36.3 Å². The number of aryl methyl sites for hydroxylation is 1. The van der Waals surface area contributed by atoms with Gasteiger partial charge in [-0.15, -0.1) is 11.3 Å². The van der Waals surface area contributed by atoms with Crippen LogP contribution in [0.3, 0.4) is 0 Å². The molecule has 1 atom stereocenters. The first-order valence-corrected chi connectivity index (χ1v) is 10.8. The van der Waals surface area contributed by atoms with E-state index >= 15 is 0 Å². The smallest absolute Gasteiger partial charge is 0.267 e. The average molecular weight is 387 g/mol. The Morgan fingerprint density at radius 2 is 2.15 bits per heavy atom. The molecule has 6 heteroatoms. The number of hydrogen-bond donors (Lipinski definition) is 0. The highest BCUT2D eigenvalue weighted by Crippen LogP contribution is 2.39. The van der Waals surface area contributed by atoms with Crippen molar-refractivity contribution < 1.29 is 4.74 Å². The number of ether oxygens (including phenoxy) is 1. The van der Waals surface area contributed by atoms with Gasteiger partial charge in [-0.05, 0) is 43.7 Å². The van der Waals surface area contributed by atoms with E-state index in [2.05, 4.69) is 13.8 Å². The summed E-state index contributed by atoms with van der Waals surface area (Å²) in [5.74, 6) is 0. The predicted molar refractivity (Wildman–Crippen MR) is 109 cm³/mol. The third-order valence-electron chi connectivity index (χ3n) is 5.27. The van der Waals surface area contributed by atoms with E-state index in [0.717, 1.165) is 49.9 Å². The first-order valence-electron chi connectivity index (χ1n) is 8.78. The summed E-state index contributed by atoms with van der Waals surface area (Å²) in [5.41, 5.74) is 2.93. The van der Waals surface area contributed by atoms with E-state index in [1.807, 2.05) is 37.4 Å². The van der Waals surface area contributed by atoms with Crippen LogP contribution in [-0.2, 0) is 17.8 Å². The molecule has 0 saturated heterocycles. The molecule has 136 valence electrons. The van der Waals surface area contributed by atoms with Crippen molar-refractivity contribution in [3.8, 4) is 5.69 Å². The van der Waals surface area contributed by atoms with E-state index in [-0.39, 0.29) is 11.2 Å². The van der Waals surface area contributed by atoms with E-state index in [9.17, 15) is 4.79 Å². The van der Waals surface area contributed by atoms with Crippen molar-refractivity contribution in [1.82, 2.24) is 9.55 Å². The Balaban J connectivity index is 2.03. The number of hydrogen-bond acceptors (Lipinski definition) is 5. The Bertz CT molecular complexity index is 1050. The van der Waals surface area contributed by atoms with E-state index in [1.54, 1.807) is 15.9 Å². The zero-order valence-corrected chi connectivity index (χ0v) is 17.1. The number of para-hydroxylation sites is 1. The fourth-order valence-electron chi connectivity index (χ4n) is 3.49. The van der Waals surface area contributed by atoms with Crippen molar-refractivity contribution in [3.63, 3.8) is 0 Å². The molecule has 0 aliphatic carbocycles. The van der Waals surface area contributed by atoms with Gasteiger partial charge in [-0.2, -0.15) is 0 Å². The first-order chi connectivity index (χ1) is 12.5. The summed E-state index contributed by atoms with van der Waals surface area (Å²) in [6.45, 7) is 6.86. The lowest BCUT2D eigenvalue weighted by atomic mass is 9.90. The Morgan fingerprint density at radius 3 is 2.85 bits per heavy atom. The SMILES string of the molecule is CC[C@]1(C)Cc2c(sc3nc(SC)n(-c4ccccc4C)c(=O)c23)CO1. The standard InChI is InChI=1S/C20H22N2O2S2/c1-5-20(3)10-13-15(11-24-20)26-17-16(13)18(23)22(19(21-17)25-4)14-9-7-6-8-12(14)2/h6-9H,5,10-11H2,1-4H3/t20-/m1/s1. The third-order valence-corrected chi connectivity index (χ3v) is 7.01. The normalized spacial score (nSPS) is 19.7. The zero-order valence-electron chi connectivity index (χ0n) is 15.5. The summed E-state index contributed by atoms with van der Waals surface area (Å²) in [7, 11) is 0. The number of thioether (sulfide) groups is 1. The molecular weight excluding hydrogens is 364 g/mol. The molecule has 0 spiro atoms. The van der Waals surface area contributed by atoms with Crippen molar-refractivity contribution in [1.29, 1.82) is 0 Å². The van der Waals surface area contributed by atoms with Crippen LogP contribution in [-0.4, -0.2) is 21.4 Å². The van der Waals surface area contributed by atoms with Crippen molar-refractivity contribution >= 4 is 33.3 Å². The molecule has 0 saturated carbocycles. The van der Waals surface area contributed by atoms with Crippen LogP contribution in [0.5, 0.6) is 0 Å². The van der Waals surface area contributed by atoms with Crippen LogP contribution in [0.2, 0.25) is 0 Å². The van der Waals surface area contributed by atoms with Crippen molar-refractivity contribution in [2.45, 2.75) is 51.0 Å². The summed E-state index contributed by atoms with van der Waals surface area (Å²) in [6, 6.07) is 7.97. The van der Waals surface area contributed by atoms with Gasteiger partial charge in [0.05, 0.1) is 23.3 Å². The Morgan fingerprint density at radius 1 is 1.38 bits per heavy atom. The number of aromatic nitrogens is 2. The summed E-state index contributed by atoms with van der Waals surface area (Å²) in [5, 5.41) is 1.50. The van der Waals surface area contributed by atoms with Gasteiger partial charge in [0.25, 0.3) is 5.56 Å². The maximum Gasteiger partial charge on any atom is 0.267 e. The number of nitrogens with zero attached hydrogens (tertiary/aromatic N) is 2. The second-order valence-electron chi connectivity index (χ2n) is 6.98. The Kier molecular flexibility index (Phi) is 4.45. The van der Waals surface area contributed by atoms with Gasteiger partial charge in [0.1, 0.15) is 4.83 Å². The molecule has 4 rings (SSSR count). The molecular formula is C20H22N2O2S2. The summed E-state index contributed by atoms with van der Waals surface area (Å²) < 4.78 is 7.84. The van der Waals surface area contributed by atoms with Gasteiger partial charge in [0.2, 0.25) is 0 Å². The fraction of sp³-hybridized carbons (Fsp3) is 0.400. The number of thiophene rings is 1. The summed E-state index contributed by atoms with van der Waals surface area (Å²) in [6.07, 6.45) is 3.65. The minimum atomic E-state index is -0.209. The molecule has 0 N–H and O–H groups in total. The Labute approximate surface area is 161 Å². The van der Waals surface area contributed by atoms with E-state index in [4.69, 9.17) is 9.72 Å². The third kappa shape index (κ3) is 2.71. The van der Waals surface area contributed by atoms with Crippen LogP contribution in [0.25, 0.3) is 15.9 Å². The second kappa shape index (κ2) is 6.51. The molecule has 0 bridgehead atoms. The highest BCUT2D eigenvalue weighted by molar-refractivity contribution is 7.98. The average Bonchev–Trinajstić information content (AvgIpc) is 3.00. The number of rotatable bonds is 3. The summed E-state index contributed by atoms with van der Waals surface area (Å²) in [4.78, 5) is 20.4. The van der Waals surface area contributed by atoms with Gasteiger partial charge in [0, 0.05) is 11.3 Å². The number of fused-ring (bicyclic) bond motifs is 3. The highest BCUT2D eigenvalue weighted by Gasteiger charge is 2.33. The zero-order chi connectivity index (χ0) is 18.5. The lowest BCUT2D eigenvalue weighted by molar-refractivity contribution is -0.0543. The van der Waals surface area contributed by atoms with Gasteiger partial charge in [-0.25, -0.2) is 4.98 Å². The van der Waals surface area contributed by atoms with Crippen LogP contribution >= 0.6 is 23.1 Å². The predicted octanol–water partition coefficient (Wildman–Crippen LogP) is 4.72. The molecule has 26 heavy (non-hydrogen) atoms. The molecule has 3 aromatic rings. The molecule has 2 aromatic heterocycles.